The Hall–Kier alpha value is -0.970. The van der Waals surface area contributed by atoms with Gasteiger partial charge < -0.3 is 10.6 Å². The average Bonchev–Trinajstić information content (AvgIpc) is 2.52. The summed E-state index contributed by atoms with van der Waals surface area (Å²) in [5, 5.41) is 0. The molecular formula is C17H30FN3. The first-order valence-electron chi connectivity index (χ1n) is 8.07. The van der Waals surface area contributed by atoms with Crippen molar-refractivity contribution in [3.05, 3.63) is 35.1 Å². The van der Waals surface area contributed by atoms with Gasteiger partial charge in [0.1, 0.15) is 5.82 Å². The van der Waals surface area contributed by atoms with Gasteiger partial charge in [-0.1, -0.05) is 39.0 Å². The smallest absolute Gasteiger partial charge is 0.132 e. The molecule has 0 fully saturated rings. The van der Waals surface area contributed by atoms with E-state index in [9.17, 15) is 4.39 Å². The molecule has 120 valence electrons. The van der Waals surface area contributed by atoms with Crippen LogP contribution in [-0.4, -0.2) is 42.5 Å². The maximum atomic E-state index is 14.2. The molecule has 0 aliphatic carbocycles. The molecule has 2 N–H and O–H groups in total. The highest BCUT2D eigenvalue weighted by molar-refractivity contribution is 5.25. The SMILES string of the molecule is CCN(CC)CCCN(CC)Cc1cccc(CN)c1F. The van der Waals surface area contributed by atoms with Crippen molar-refractivity contribution in [2.45, 2.75) is 40.3 Å². The van der Waals surface area contributed by atoms with Gasteiger partial charge in [-0.15, -0.1) is 0 Å². The van der Waals surface area contributed by atoms with E-state index in [4.69, 9.17) is 5.73 Å². The monoisotopic (exact) mass is 295 g/mol. The Balaban J connectivity index is 2.54. The summed E-state index contributed by atoms with van der Waals surface area (Å²) >= 11 is 0. The first kappa shape index (κ1) is 18.1. The first-order chi connectivity index (χ1) is 10.2. The summed E-state index contributed by atoms with van der Waals surface area (Å²) in [5.74, 6) is -0.137. The van der Waals surface area contributed by atoms with Crippen molar-refractivity contribution in [3.63, 3.8) is 0 Å². The molecule has 0 bridgehead atoms. The van der Waals surface area contributed by atoms with Crippen molar-refractivity contribution >= 4 is 0 Å². The zero-order valence-corrected chi connectivity index (χ0v) is 13.7. The summed E-state index contributed by atoms with van der Waals surface area (Å²) in [6, 6.07) is 5.52. The van der Waals surface area contributed by atoms with Gasteiger partial charge in [0.2, 0.25) is 0 Å². The Morgan fingerprint density at radius 1 is 0.952 bits per heavy atom. The van der Waals surface area contributed by atoms with Crippen LogP contribution in [0, 0.1) is 5.82 Å². The predicted molar refractivity (Wildman–Crippen MR) is 87.6 cm³/mol. The normalized spacial score (nSPS) is 11.6. The van der Waals surface area contributed by atoms with E-state index in [0.717, 1.165) is 44.7 Å². The lowest BCUT2D eigenvalue weighted by Crippen LogP contribution is -2.30. The van der Waals surface area contributed by atoms with Gasteiger partial charge in [0.05, 0.1) is 0 Å². The van der Waals surface area contributed by atoms with E-state index in [0.29, 0.717) is 12.1 Å². The molecule has 0 spiro atoms. The number of benzene rings is 1. The number of hydrogen-bond acceptors (Lipinski definition) is 3. The van der Waals surface area contributed by atoms with E-state index in [1.165, 1.54) is 0 Å². The standard InChI is InChI=1S/C17H30FN3/c1-4-20(5-2)11-8-12-21(6-3)14-16-10-7-9-15(13-19)17(16)18/h7,9-10H,4-6,8,11-14,19H2,1-3H3. The van der Waals surface area contributed by atoms with Crippen LogP contribution < -0.4 is 5.73 Å². The van der Waals surface area contributed by atoms with Crippen molar-refractivity contribution in [1.82, 2.24) is 9.80 Å². The Morgan fingerprint density at radius 3 is 2.10 bits per heavy atom. The molecule has 1 aromatic carbocycles. The summed E-state index contributed by atoms with van der Waals surface area (Å²) in [4.78, 5) is 4.71. The molecule has 0 aromatic heterocycles. The van der Waals surface area contributed by atoms with E-state index in [1.807, 2.05) is 12.1 Å². The number of nitrogens with two attached hydrogens (primary N) is 1. The second-order valence-corrected chi connectivity index (χ2v) is 5.34. The van der Waals surface area contributed by atoms with Gasteiger partial charge in [-0.25, -0.2) is 4.39 Å². The fourth-order valence-electron chi connectivity index (χ4n) is 2.56. The summed E-state index contributed by atoms with van der Waals surface area (Å²) < 4.78 is 14.2. The molecule has 0 heterocycles. The second kappa shape index (κ2) is 9.87. The topological polar surface area (TPSA) is 32.5 Å². The van der Waals surface area contributed by atoms with Gasteiger partial charge in [0.15, 0.2) is 0 Å². The van der Waals surface area contributed by atoms with Gasteiger partial charge in [-0.2, -0.15) is 0 Å². The largest absolute Gasteiger partial charge is 0.326 e. The lowest BCUT2D eigenvalue weighted by Gasteiger charge is -2.24. The lowest BCUT2D eigenvalue weighted by atomic mass is 10.1. The van der Waals surface area contributed by atoms with Crippen molar-refractivity contribution < 1.29 is 4.39 Å². The molecule has 0 saturated heterocycles. The minimum absolute atomic E-state index is 0.137. The molecule has 3 nitrogen and oxygen atoms in total. The molecule has 4 heteroatoms. The fourth-order valence-corrected chi connectivity index (χ4v) is 2.56. The van der Waals surface area contributed by atoms with Crippen LogP contribution in [0.1, 0.15) is 38.3 Å². The fraction of sp³-hybridized carbons (Fsp3) is 0.647. The molecule has 0 unspecified atom stereocenters. The summed E-state index contributed by atoms with van der Waals surface area (Å²) in [7, 11) is 0. The van der Waals surface area contributed by atoms with Gasteiger partial charge in [0, 0.05) is 24.2 Å². The van der Waals surface area contributed by atoms with Crippen LogP contribution in [0.25, 0.3) is 0 Å². The molecule has 0 atom stereocenters. The van der Waals surface area contributed by atoms with E-state index >= 15 is 0 Å². The number of rotatable bonds is 10. The molecule has 0 radical (unpaired) electrons. The Labute approximate surface area is 128 Å². The number of halogens is 1. The van der Waals surface area contributed by atoms with Crippen LogP contribution in [0.4, 0.5) is 4.39 Å². The third kappa shape index (κ3) is 5.73. The van der Waals surface area contributed by atoms with Crippen LogP contribution >= 0.6 is 0 Å². The minimum Gasteiger partial charge on any atom is -0.326 e. The minimum atomic E-state index is -0.137. The second-order valence-electron chi connectivity index (χ2n) is 5.34. The summed E-state index contributed by atoms with van der Waals surface area (Å²) in [6.45, 7) is 12.7. The number of hydrogen-bond donors (Lipinski definition) is 1. The molecule has 1 rings (SSSR count). The van der Waals surface area contributed by atoms with Crippen LogP contribution in [-0.2, 0) is 13.1 Å². The quantitative estimate of drug-likeness (QED) is 0.720. The van der Waals surface area contributed by atoms with E-state index < -0.39 is 0 Å². The van der Waals surface area contributed by atoms with E-state index in [-0.39, 0.29) is 12.4 Å². The Kier molecular flexibility index (Phi) is 8.50. The summed E-state index contributed by atoms with van der Waals surface area (Å²) in [5.41, 5.74) is 6.92. The van der Waals surface area contributed by atoms with Gasteiger partial charge in [0.25, 0.3) is 0 Å². The molecule has 0 amide bonds. The van der Waals surface area contributed by atoms with Crippen molar-refractivity contribution in [2.75, 3.05) is 32.7 Å². The van der Waals surface area contributed by atoms with Crippen LogP contribution in [0.5, 0.6) is 0 Å². The molecule has 0 aliphatic rings. The lowest BCUT2D eigenvalue weighted by molar-refractivity contribution is 0.236. The van der Waals surface area contributed by atoms with Crippen LogP contribution in [0.15, 0.2) is 18.2 Å². The molecule has 1 aromatic rings. The zero-order valence-electron chi connectivity index (χ0n) is 13.7. The Morgan fingerprint density at radius 2 is 1.52 bits per heavy atom. The third-order valence-corrected chi connectivity index (χ3v) is 4.06. The summed E-state index contributed by atoms with van der Waals surface area (Å²) in [6.07, 6.45) is 1.12. The zero-order chi connectivity index (χ0) is 15.7. The maximum absolute atomic E-state index is 14.2. The van der Waals surface area contributed by atoms with Crippen molar-refractivity contribution in [1.29, 1.82) is 0 Å². The van der Waals surface area contributed by atoms with Crippen molar-refractivity contribution in [2.24, 2.45) is 5.73 Å². The Bertz CT molecular complexity index is 405. The van der Waals surface area contributed by atoms with Gasteiger partial charge in [-0.3, -0.25) is 4.90 Å². The highest BCUT2D eigenvalue weighted by Gasteiger charge is 2.11. The molecule has 21 heavy (non-hydrogen) atoms. The molecular weight excluding hydrogens is 265 g/mol. The first-order valence-corrected chi connectivity index (χ1v) is 8.07. The highest BCUT2D eigenvalue weighted by atomic mass is 19.1. The van der Waals surface area contributed by atoms with Crippen LogP contribution in [0.2, 0.25) is 0 Å². The molecule has 0 saturated carbocycles. The average molecular weight is 295 g/mol. The number of nitrogens with zero attached hydrogens (tertiary/aromatic N) is 2. The molecule has 0 aliphatic heterocycles. The van der Waals surface area contributed by atoms with E-state index in [1.54, 1.807) is 6.07 Å². The van der Waals surface area contributed by atoms with Crippen LogP contribution in [0.3, 0.4) is 0 Å². The maximum Gasteiger partial charge on any atom is 0.132 e. The van der Waals surface area contributed by atoms with Gasteiger partial charge >= 0.3 is 0 Å². The van der Waals surface area contributed by atoms with Gasteiger partial charge in [-0.05, 0) is 39.1 Å². The van der Waals surface area contributed by atoms with Crippen molar-refractivity contribution in [3.8, 4) is 0 Å². The van der Waals surface area contributed by atoms with E-state index in [2.05, 4.69) is 30.6 Å². The highest BCUT2D eigenvalue weighted by Crippen LogP contribution is 2.15. The predicted octanol–water partition coefficient (Wildman–Crippen LogP) is 2.84. The third-order valence-electron chi connectivity index (χ3n) is 4.06.